The third kappa shape index (κ3) is 49.9. The number of hydrogen-bond acceptors (Lipinski definition) is 10. The summed E-state index contributed by atoms with van der Waals surface area (Å²) in [4.78, 5) is 48.4. The summed E-state index contributed by atoms with van der Waals surface area (Å²) in [5.41, 5.74) is 0. The van der Waals surface area contributed by atoms with Gasteiger partial charge in [-0.15, -0.1) is 0 Å². The highest BCUT2D eigenvalue weighted by Crippen LogP contribution is 2.43. The minimum atomic E-state index is -4.77. The Bertz CT molecular complexity index is 1450. The molecule has 3 atom stereocenters. The second-order valence-electron chi connectivity index (χ2n) is 18.4. The summed E-state index contributed by atoms with van der Waals surface area (Å²) in [5.74, 6) is -1.57. The van der Waals surface area contributed by atoms with Gasteiger partial charge in [-0.1, -0.05) is 196 Å². The van der Waals surface area contributed by atoms with Crippen molar-refractivity contribution in [3.05, 3.63) is 72.9 Å². The van der Waals surface area contributed by atoms with Crippen LogP contribution in [-0.4, -0.2) is 66.5 Å². The van der Waals surface area contributed by atoms with E-state index < -0.39 is 57.8 Å². The maximum Gasteiger partial charge on any atom is 0.472 e. The fourth-order valence-electron chi connectivity index (χ4n) is 7.36. The second kappa shape index (κ2) is 52.2. The van der Waals surface area contributed by atoms with Gasteiger partial charge in [-0.25, -0.2) is 4.57 Å². The Balaban J connectivity index is 4.81. The van der Waals surface area contributed by atoms with Crippen molar-refractivity contribution < 1.29 is 52.2 Å². The minimum absolute atomic E-state index is 0.0536. The Kier molecular flexibility index (Phi) is 50.0. The van der Waals surface area contributed by atoms with E-state index in [4.69, 9.17) is 23.3 Å². The molecular formula is C58H101O11P. The molecule has 0 saturated carbocycles. The molecule has 0 aromatic carbocycles. The zero-order chi connectivity index (χ0) is 51.3. The van der Waals surface area contributed by atoms with Gasteiger partial charge in [0.2, 0.25) is 0 Å². The molecule has 0 aromatic heterocycles. The number of phosphoric acid groups is 1. The molecule has 0 bridgehead atoms. The number of esters is 3. The molecule has 0 aromatic rings. The predicted molar refractivity (Wildman–Crippen MR) is 288 cm³/mol. The molecule has 0 radical (unpaired) electrons. The quantitative estimate of drug-likeness (QED) is 0.0197. The van der Waals surface area contributed by atoms with Crippen molar-refractivity contribution >= 4 is 25.7 Å². The molecule has 12 heteroatoms. The molecule has 0 fully saturated rings. The summed E-state index contributed by atoms with van der Waals surface area (Å²) < 4.78 is 39.3. The van der Waals surface area contributed by atoms with E-state index in [1.165, 1.54) is 77.0 Å². The molecule has 0 aliphatic rings. The Morgan fingerprint density at radius 1 is 0.414 bits per heavy atom. The number of aliphatic hydroxyl groups excluding tert-OH is 1. The molecule has 0 heterocycles. The first kappa shape index (κ1) is 66.9. The van der Waals surface area contributed by atoms with Crippen LogP contribution in [0.3, 0.4) is 0 Å². The zero-order valence-electron chi connectivity index (χ0n) is 44.5. The van der Waals surface area contributed by atoms with E-state index in [0.29, 0.717) is 19.3 Å². The first-order valence-corrected chi connectivity index (χ1v) is 29.3. The number of aliphatic hydroxyl groups is 1. The number of hydrogen-bond donors (Lipinski definition) is 2. The molecule has 0 saturated heterocycles. The van der Waals surface area contributed by atoms with Crippen molar-refractivity contribution in [1.29, 1.82) is 0 Å². The lowest BCUT2D eigenvalue weighted by Gasteiger charge is -2.21. The molecule has 70 heavy (non-hydrogen) atoms. The Morgan fingerprint density at radius 3 is 1.23 bits per heavy atom. The van der Waals surface area contributed by atoms with Gasteiger partial charge in [-0.05, 0) is 96.3 Å². The molecular weight excluding hydrogens is 904 g/mol. The van der Waals surface area contributed by atoms with E-state index in [1.54, 1.807) is 0 Å². The van der Waals surface area contributed by atoms with Gasteiger partial charge >= 0.3 is 25.7 Å². The number of unbranched alkanes of at least 4 members (excludes halogenated alkanes) is 22. The number of allylic oxidation sites excluding steroid dienone is 12. The normalized spacial score (nSPS) is 14.0. The maximum absolute atomic E-state index is 12.9. The molecule has 0 spiro atoms. The Labute approximate surface area is 427 Å². The number of carbonyl (C=O) groups is 3. The molecule has 3 unspecified atom stereocenters. The van der Waals surface area contributed by atoms with E-state index in [1.807, 2.05) is 12.2 Å². The lowest BCUT2D eigenvalue weighted by atomic mass is 10.1. The van der Waals surface area contributed by atoms with Crippen LogP contribution in [0.5, 0.6) is 0 Å². The largest absolute Gasteiger partial charge is 0.472 e. The van der Waals surface area contributed by atoms with E-state index in [-0.39, 0.29) is 25.9 Å². The van der Waals surface area contributed by atoms with Crippen LogP contribution in [0, 0.1) is 0 Å². The first-order valence-electron chi connectivity index (χ1n) is 27.8. The van der Waals surface area contributed by atoms with Gasteiger partial charge in [0, 0.05) is 19.3 Å². The van der Waals surface area contributed by atoms with Gasteiger partial charge in [-0.3, -0.25) is 23.4 Å². The Hall–Kier alpha value is -3.08. The summed E-state index contributed by atoms with van der Waals surface area (Å²) in [7, 11) is -4.77. The summed E-state index contributed by atoms with van der Waals surface area (Å²) in [6.45, 7) is 4.42. The minimum Gasteiger partial charge on any atom is -0.462 e. The Morgan fingerprint density at radius 2 is 0.771 bits per heavy atom. The molecule has 0 amide bonds. The third-order valence-electron chi connectivity index (χ3n) is 11.6. The van der Waals surface area contributed by atoms with Crippen molar-refractivity contribution in [2.24, 2.45) is 0 Å². The van der Waals surface area contributed by atoms with Crippen molar-refractivity contribution in [3.63, 3.8) is 0 Å². The number of ether oxygens (including phenoxy) is 3. The zero-order valence-corrected chi connectivity index (χ0v) is 45.4. The van der Waals surface area contributed by atoms with Crippen molar-refractivity contribution in [2.45, 2.75) is 251 Å². The van der Waals surface area contributed by atoms with E-state index in [2.05, 4.69) is 81.5 Å². The molecule has 404 valence electrons. The average Bonchev–Trinajstić information content (AvgIpc) is 3.35. The molecule has 0 rings (SSSR count). The van der Waals surface area contributed by atoms with Gasteiger partial charge in [0.1, 0.15) is 12.7 Å². The van der Waals surface area contributed by atoms with Crippen LogP contribution in [-0.2, 0) is 42.2 Å². The highest BCUT2D eigenvalue weighted by molar-refractivity contribution is 7.47. The molecule has 11 nitrogen and oxygen atoms in total. The monoisotopic (exact) mass is 1000 g/mol. The first-order chi connectivity index (χ1) is 34.2. The lowest BCUT2D eigenvalue weighted by molar-refractivity contribution is -0.161. The van der Waals surface area contributed by atoms with Crippen LogP contribution in [0.15, 0.2) is 72.9 Å². The second-order valence-corrected chi connectivity index (χ2v) is 19.8. The number of phosphoric ester groups is 1. The van der Waals surface area contributed by atoms with E-state index in [9.17, 15) is 28.9 Å². The summed E-state index contributed by atoms with van der Waals surface area (Å²) in [6, 6.07) is 0. The van der Waals surface area contributed by atoms with Crippen molar-refractivity contribution in [1.82, 2.24) is 0 Å². The fourth-order valence-corrected chi connectivity index (χ4v) is 8.14. The summed E-state index contributed by atoms with van der Waals surface area (Å²) in [6.07, 6.45) is 57.4. The van der Waals surface area contributed by atoms with Crippen molar-refractivity contribution in [3.8, 4) is 0 Å². The predicted octanol–water partition coefficient (Wildman–Crippen LogP) is 16.1. The van der Waals surface area contributed by atoms with E-state index >= 15 is 0 Å². The average molecular weight is 1010 g/mol. The third-order valence-corrected chi connectivity index (χ3v) is 12.5. The smallest absolute Gasteiger partial charge is 0.462 e. The standard InChI is InChI=1S/C58H101O11P/c1-4-7-10-13-16-19-22-25-27-30-32-35-38-41-44-47-56(60)65-51-55(69-58(62)49-46-43-40-37-34-31-28-26-23-20-17-14-11-8-5-2)53-67-70(63,64)66-52-54(50-59)68-57(61)48-45-42-39-36-33-29-24-21-18-15-12-9-6-3/h9,12,18,21,25-29,33,39,42,54-55,59H,4-8,10-11,13-17,19-20,22-24,30-32,34-38,40-41,43-53H2,1-3H3,(H,63,64)/b12-9-,21-18-,27-25-,28-26-,33-29-,42-39-. The van der Waals surface area contributed by atoms with E-state index in [0.717, 1.165) is 103 Å². The van der Waals surface area contributed by atoms with Gasteiger partial charge in [-0.2, -0.15) is 0 Å². The van der Waals surface area contributed by atoms with Crippen LogP contribution >= 0.6 is 7.82 Å². The fraction of sp³-hybridized carbons (Fsp3) is 0.741. The number of carbonyl (C=O) groups excluding carboxylic acids is 3. The SMILES string of the molecule is CC/C=C\C/C=C\C/C=C\C/C=C\CCC(=O)OC(CO)COP(=O)(O)OCC(COC(=O)CCCCCCC/C=C\CCCCCCCC)OC(=O)CCCCCCC/C=C\CCCCCCCC. The van der Waals surface area contributed by atoms with Crippen LogP contribution in [0.2, 0.25) is 0 Å². The van der Waals surface area contributed by atoms with Crippen molar-refractivity contribution in [2.75, 3.05) is 26.4 Å². The van der Waals surface area contributed by atoms with Crippen LogP contribution in [0.4, 0.5) is 0 Å². The lowest BCUT2D eigenvalue weighted by Crippen LogP contribution is -2.30. The number of rotatable bonds is 51. The van der Waals surface area contributed by atoms with Crippen LogP contribution < -0.4 is 0 Å². The highest BCUT2D eigenvalue weighted by Gasteiger charge is 2.28. The molecule has 2 N–H and O–H groups in total. The molecule has 0 aliphatic carbocycles. The van der Waals surface area contributed by atoms with Gasteiger partial charge in [0.25, 0.3) is 0 Å². The van der Waals surface area contributed by atoms with Gasteiger partial charge < -0.3 is 24.2 Å². The summed E-state index contributed by atoms with van der Waals surface area (Å²) in [5, 5.41) is 9.77. The topological polar surface area (TPSA) is 155 Å². The highest BCUT2D eigenvalue weighted by atomic mass is 31.2. The van der Waals surface area contributed by atoms with Gasteiger partial charge in [0.15, 0.2) is 6.10 Å². The van der Waals surface area contributed by atoms with Gasteiger partial charge in [0.05, 0.1) is 19.8 Å². The van der Waals surface area contributed by atoms with Crippen LogP contribution in [0.25, 0.3) is 0 Å². The maximum atomic E-state index is 12.9. The molecule has 0 aliphatic heterocycles. The summed E-state index contributed by atoms with van der Waals surface area (Å²) >= 11 is 0. The van der Waals surface area contributed by atoms with Crippen LogP contribution in [0.1, 0.15) is 239 Å².